The Labute approximate surface area is 98.5 Å². The van der Waals surface area contributed by atoms with Gasteiger partial charge in [-0.15, -0.1) is 11.3 Å². The van der Waals surface area contributed by atoms with Crippen molar-refractivity contribution in [2.24, 2.45) is 0 Å². The van der Waals surface area contributed by atoms with Gasteiger partial charge in [-0.25, -0.2) is 0 Å². The van der Waals surface area contributed by atoms with Crippen molar-refractivity contribution in [2.45, 2.75) is 32.4 Å². The maximum absolute atomic E-state index is 5.36. The molecule has 0 bridgehead atoms. The zero-order chi connectivity index (χ0) is 11.0. The Hall–Kier alpha value is -1.13. The standard InChI is InChI=1S/C12H14N2OS/c1-8-4-5-16-12(8)11-6-10(14-15-11)7-13-9-2-3-9/h4-6,9,13H,2-3,7H2,1H3. The molecule has 16 heavy (non-hydrogen) atoms. The van der Waals surface area contributed by atoms with E-state index in [4.69, 9.17) is 4.52 Å². The van der Waals surface area contributed by atoms with Gasteiger partial charge in [-0.3, -0.25) is 0 Å². The van der Waals surface area contributed by atoms with E-state index in [1.54, 1.807) is 11.3 Å². The van der Waals surface area contributed by atoms with E-state index in [9.17, 15) is 0 Å². The second kappa shape index (κ2) is 4.03. The van der Waals surface area contributed by atoms with Crippen molar-refractivity contribution in [3.05, 3.63) is 28.8 Å². The van der Waals surface area contributed by atoms with E-state index in [1.165, 1.54) is 23.3 Å². The molecule has 0 radical (unpaired) electrons. The van der Waals surface area contributed by atoms with Crippen LogP contribution in [0.3, 0.4) is 0 Å². The van der Waals surface area contributed by atoms with Crippen molar-refractivity contribution in [1.82, 2.24) is 10.5 Å². The van der Waals surface area contributed by atoms with Crippen LogP contribution in [0.25, 0.3) is 10.6 Å². The van der Waals surface area contributed by atoms with E-state index < -0.39 is 0 Å². The van der Waals surface area contributed by atoms with Crippen molar-refractivity contribution < 1.29 is 4.52 Å². The first-order chi connectivity index (χ1) is 7.83. The first-order valence-electron chi connectivity index (χ1n) is 5.56. The topological polar surface area (TPSA) is 38.1 Å². The summed E-state index contributed by atoms with van der Waals surface area (Å²) in [5, 5.41) is 9.59. The second-order valence-electron chi connectivity index (χ2n) is 4.27. The molecule has 2 heterocycles. The highest BCUT2D eigenvalue weighted by Gasteiger charge is 2.20. The zero-order valence-electron chi connectivity index (χ0n) is 9.19. The van der Waals surface area contributed by atoms with E-state index in [-0.39, 0.29) is 0 Å². The molecule has 0 spiro atoms. The number of hydrogen-bond acceptors (Lipinski definition) is 4. The Bertz CT molecular complexity index is 485. The molecule has 1 fully saturated rings. The van der Waals surface area contributed by atoms with Gasteiger partial charge in [0.15, 0.2) is 5.76 Å². The summed E-state index contributed by atoms with van der Waals surface area (Å²) < 4.78 is 5.36. The number of rotatable bonds is 4. The number of aromatic nitrogens is 1. The Balaban J connectivity index is 1.74. The van der Waals surface area contributed by atoms with E-state index >= 15 is 0 Å². The van der Waals surface area contributed by atoms with Gasteiger partial charge in [0.1, 0.15) is 0 Å². The minimum absolute atomic E-state index is 0.712. The monoisotopic (exact) mass is 234 g/mol. The lowest BCUT2D eigenvalue weighted by molar-refractivity contribution is 0.420. The average molecular weight is 234 g/mol. The minimum atomic E-state index is 0.712. The fourth-order valence-electron chi connectivity index (χ4n) is 1.66. The fraction of sp³-hybridized carbons (Fsp3) is 0.417. The quantitative estimate of drug-likeness (QED) is 0.883. The first kappa shape index (κ1) is 10.1. The Morgan fingerprint density at radius 2 is 2.44 bits per heavy atom. The molecule has 0 amide bonds. The van der Waals surface area contributed by atoms with Crippen molar-refractivity contribution in [3.63, 3.8) is 0 Å². The van der Waals surface area contributed by atoms with Crippen LogP contribution in [0.15, 0.2) is 22.0 Å². The maximum Gasteiger partial charge on any atom is 0.177 e. The van der Waals surface area contributed by atoms with Crippen LogP contribution in [0.5, 0.6) is 0 Å². The lowest BCUT2D eigenvalue weighted by Gasteiger charge is -1.95. The van der Waals surface area contributed by atoms with E-state index in [0.717, 1.165) is 18.0 Å². The average Bonchev–Trinajstić information content (AvgIpc) is 2.82. The number of nitrogens with zero attached hydrogens (tertiary/aromatic N) is 1. The van der Waals surface area contributed by atoms with Crippen molar-refractivity contribution in [3.8, 4) is 10.6 Å². The Morgan fingerprint density at radius 3 is 3.12 bits per heavy atom. The van der Waals surface area contributed by atoms with Gasteiger partial charge in [0.2, 0.25) is 0 Å². The zero-order valence-corrected chi connectivity index (χ0v) is 10.0. The number of aryl methyl sites for hydroxylation is 1. The van der Waals surface area contributed by atoms with Gasteiger partial charge in [-0.1, -0.05) is 5.16 Å². The van der Waals surface area contributed by atoms with Crippen LogP contribution in [0.1, 0.15) is 24.1 Å². The number of hydrogen-bond donors (Lipinski definition) is 1. The van der Waals surface area contributed by atoms with Crippen LogP contribution < -0.4 is 5.32 Å². The maximum atomic E-state index is 5.36. The van der Waals surface area contributed by atoms with Crippen LogP contribution in [-0.2, 0) is 6.54 Å². The van der Waals surface area contributed by atoms with Crippen molar-refractivity contribution >= 4 is 11.3 Å². The van der Waals surface area contributed by atoms with Gasteiger partial charge in [0.05, 0.1) is 10.6 Å². The fourth-order valence-corrected chi connectivity index (χ4v) is 2.54. The molecule has 1 N–H and O–H groups in total. The third-order valence-electron chi connectivity index (χ3n) is 2.79. The van der Waals surface area contributed by atoms with Crippen LogP contribution in [0.2, 0.25) is 0 Å². The molecular weight excluding hydrogens is 220 g/mol. The minimum Gasteiger partial charge on any atom is -0.355 e. The molecule has 2 aromatic heterocycles. The van der Waals surface area contributed by atoms with Gasteiger partial charge < -0.3 is 9.84 Å². The summed E-state index contributed by atoms with van der Waals surface area (Å²) in [5.74, 6) is 0.889. The van der Waals surface area contributed by atoms with Gasteiger partial charge in [0.25, 0.3) is 0 Å². The molecule has 3 rings (SSSR count). The Morgan fingerprint density at radius 1 is 1.56 bits per heavy atom. The number of nitrogens with one attached hydrogen (secondary N) is 1. The third-order valence-corrected chi connectivity index (χ3v) is 3.83. The third kappa shape index (κ3) is 2.03. The van der Waals surface area contributed by atoms with Gasteiger partial charge in [-0.2, -0.15) is 0 Å². The molecule has 0 aromatic carbocycles. The van der Waals surface area contributed by atoms with Crippen LogP contribution >= 0.6 is 11.3 Å². The molecule has 1 saturated carbocycles. The largest absolute Gasteiger partial charge is 0.355 e. The molecule has 4 heteroatoms. The highest BCUT2D eigenvalue weighted by Crippen LogP contribution is 2.29. The normalized spacial score (nSPS) is 15.6. The van der Waals surface area contributed by atoms with Crippen molar-refractivity contribution in [2.75, 3.05) is 0 Å². The predicted octanol–water partition coefficient (Wildman–Crippen LogP) is 2.96. The number of thiophene rings is 1. The van der Waals surface area contributed by atoms with Crippen molar-refractivity contribution in [1.29, 1.82) is 0 Å². The highest BCUT2D eigenvalue weighted by molar-refractivity contribution is 7.13. The SMILES string of the molecule is Cc1ccsc1-c1cc(CNC2CC2)no1. The Kier molecular flexibility index (Phi) is 2.53. The van der Waals surface area contributed by atoms with E-state index in [1.807, 2.05) is 6.07 Å². The van der Waals surface area contributed by atoms with Gasteiger partial charge in [0, 0.05) is 18.7 Å². The summed E-state index contributed by atoms with van der Waals surface area (Å²) >= 11 is 1.70. The molecule has 0 aliphatic heterocycles. The molecule has 84 valence electrons. The molecule has 0 saturated heterocycles. The lowest BCUT2D eigenvalue weighted by atomic mass is 10.2. The highest BCUT2D eigenvalue weighted by atomic mass is 32.1. The molecular formula is C12H14N2OS. The molecule has 1 aliphatic rings. The summed E-state index contributed by atoms with van der Waals surface area (Å²) in [6.45, 7) is 2.91. The molecule has 2 aromatic rings. The van der Waals surface area contributed by atoms with E-state index in [2.05, 4.69) is 28.8 Å². The first-order valence-corrected chi connectivity index (χ1v) is 6.44. The molecule has 0 unspecified atom stereocenters. The molecule has 1 aliphatic carbocycles. The summed E-state index contributed by atoms with van der Waals surface area (Å²) in [4.78, 5) is 1.19. The summed E-state index contributed by atoms with van der Waals surface area (Å²) in [6.07, 6.45) is 2.60. The van der Waals surface area contributed by atoms with E-state index in [0.29, 0.717) is 6.04 Å². The summed E-state index contributed by atoms with van der Waals surface area (Å²) in [7, 11) is 0. The summed E-state index contributed by atoms with van der Waals surface area (Å²) in [6, 6.07) is 4.85. The van der Waals surface area contributed by atoms with Gasteiger partial charge >= 0.3 is 0 Å². The van der Waals surface area contributed by atoms with Gasteiger partial charge in [-0.05, 0) is 36.8 Å². The predicted molar refractivity (Wildman–Crippen MR) is 64.4 cm³/mol. The molecule has 0 atom stereocenters. The smallest absolute Gasteiger partial charge is 0.177 e. The lowest BCUT2D eigenvalue weighted by Crippen LogP contribution is -2.15. The second-order valence-corrected chi connectivity index (χ2v) is 5.19. The van der Waals surface area contributed by atoms with Crippen LogP contribution in [0, 0.1) is 6.92 Å². The molecule has 3 nitrogen and oxygen atoms in total. The van der Waals surface area contributed by atoms with Crippen LogP contribution in [-0.4, -0.2) is 11.2 Å². The van der Waals surface area contributed by atoms with Crippen LogP contribution in [0.4, 0.5) is 0 Å². The summed E-state index contributed by atoms with van der Waals surface area (Å²) in [5.41, 5.74) is 2.25.